The molecule has 2 aliphatic rings. The molecule has 2 rings (SSSR count). The second kappa shape index (κ2) is 7.01. The normalized spacial score (nSPS) is 25.4. The van der Waals surface area contributed by atoms with Crippen molar-refractivity contribution >= 4 is 11.7 Å². The summed E-state index contributed by atoms with van der Waals surface area (Å²) >= 11 is 0. The number of rotatable bonds is 5. The van der Waals surface area contributed by atoms with Crippen LogP contribution in [0.1, 0.15) is 26.2 Å². The minimum atomic E-state index is 0.0406. The Balaban J connectivity index is 1.65. The largest absolute Gasteiger partial charge is 0.381 e. The molecule has 0 aromatic heterocycles. The van der Waals surface area contributed by atoms with Crippen LogP contribution >= 0.6 is 0 Å². The molecule has 0 spiro atoms. The summed E-state index contributed by atoms with van der Waals surface area (Å²) < 4.78 is 5.26. The van der Waals surface area contributed by atoms with E-state index >= 15 is 0 Å². The van der Waals surface area contributed by atoms with E-state index in [1.165, 1.54) is 0 Å². The molecule has 2 saturated heterocycles. The summed E-state index contributed by atoms with van der Waals surface area (Å²) in [4.78, 5) is 25.1. The van der Waals surface area contributed by atoms with Crippen LogP contribution in [0, 0.1) is 11.8 Å². The maximum absolute atomic E-state index is 12.0. The van der Waals surface area contributed by atoms with Gasteiger partial charge >= 0.3 is 0 Å². The molecule has 1 unspecified atom stereocenters. The van der Waals surface area contributed by atoms with Crippen LogP contribution in [0.25, 0.3) is 0 Å². The van der Waals surface area contributed by atoms with Crippen molar-refractivity contribution in [3.63, 3.8) is 0 Å². The van der Waals surface area contributed by atoms with Gasteiger partial charge in [-0.15, -0.1) is 0 Å². The number of piperidine rings is 1. The summed E-state index contributed by atoms with van der Waals surface area (Å²) in [6.07, 6.45) is 3.02. The first-order valence-corrected chi connectivity index (χ1v) is 7.22. The number of hydrogen-bond acceptors (Lipinski definition) is 4. The van der Waals surface area contributed by atoms with E-state index in [2.05, 4.69) is 10.2 Å². The number of ketones is 1. The minimum absolute atomic E-state index is 0.0406. The molecule has 1 N–H and O–H groups in total. The number of carbonyl (C=O) groups is 2. The van der Waals surface area contributed by atoms with Gasteiger partial charge in [-0.2, -0.15) is 0 Å². The lowest BCUT2D eigenvalue weighted by molar-refractivity contribution is -0.124. The lowest BCUT2D eigenvalue weighted by Crippen LogP contribution is -2.41. The predicted octanol–water partition coefficient (Wildman–Crippen LogP) is 0.440. The van der Waals surface area contributed by atoms with Crippen molar-refractivity contribution in [3.8, 4) is 0 Å². The van der Waals surface area contributed by atoms with Gasteiger partial charge in [0.2, 0.25) is 5.91 Å². The molecule has 0 saturated carbocycles. The van der Waals surface area contributed by atoms with E-state index in [4.69, 9.17) is 4.74 Å². The third-order valence-electron chi connectivity index (χ3n) is 4.11. The van der Waals surface area contributed by atoms with Crippen LogP contribution in [0.4, 0.5) is 0 Å². The Kier molecular flexibility index (Phi) is 5.34. The summed E-state index contributed by atoms with van der Waals surface area (Å²) in [6.45, 7) is 6.16. The number of carbonyl (C=O) groups excluding carboxylic acids is 2. The molecule has 2 fully saturated rings. The highest BCUT2D eigenvalue weighted by molar-refractivity contribution is 5.83. The molecule has 19 heavy (non-hydrogen) atoms. The lowest BCUT2D eigenvalue weighted by atomic mass is 9.95. The standard InChI is InChI=1S/C14H24N2O3/c1-11(17)15-8-12-2-5-16(6-3-12)9-14(18)13-4-7-19-10-13/h12-13H,2-10H2,1H3,(H,15,17). The third-order valence-corrected chi connectivity index (χ3v) is 4.11. The molecule has 0 bridgehead atoms. The fourth-order valence-electron chi connectivity index (χ4n) is 2.77. The summed E-state index contributed by atoms with van der Waals surface area (Å²) in [5.74, 6) is 1.05. The van der Waals surface area contributed by atoms with E-state index in [1.54, 1.807) is 6.92 Å². The maximum atomic E-state index is 12.0. The Morgan fingerprint density at radius 1 is 1.26 bits per heavy atom. The highest BCUT2D eigenvalue weighted by Gasteiger charge is 2.27. The summed E-state index contributed by atoms with van der Waals surface area (Å²) in [5.41, 5.74) is 0. The summed E-state index contributed by atoms with van der Waals surface area (Å²) in [5, 5.41) is 2.87. The monoisotopic (exact) mass is 268 g/mol. The average molecular weight is 268 g/mol. The number of nitrogens with one attached hydrogen (secondary N) is 1. The van der Waals surface area contributed by atoms with E-state index in [9.17, 15) is 9.59 Å². The first-order chi connectivity index (χ1) is 9.15. The van der Waals surface area contributed by atoms with Gasteiger partial charge in [-0.3, -0.25) is 14.5 Å². The smallest absolute Gasteiger partial charge is 0.216 e. The van der Waals surface area contributed by atoms with Crippen LogP contribution in [-0.2, 0) is 14.3 Å². The van der Waals surface area contributed by atoms with Gasteiger partial charge in [-0.1, -0.05) is 0 Å². The van der Waals surface area contributed by atoms with Gasteiger partial charge in [0.1, 0.15) is 0 Å². The van der Waals surface area contributed by atoms with E-state index in [0.29, 0.717) is 24.9 Å². The molecular formula is C14H24N2O3. The number of ether oxygens (including phenoxy) is 1. The van der Waals surface area contributed by atoms with Crippen LogP contribution in [-0.4, -0.2) is 56.0 Å². The summed E-state index contributed by atoms with van der Waals surface area (Å²) in [6, 6.07) is 0. The van der Waals surface area contributed by atoms with Gasteiger partial charge in [0, 0.05) is 26.0 Å². The Morgan fingerprint density at radius 2 is 2.00 bits per heavy atom. The van der Waals surface area contributed by atoms with Gasteiger partial charge < -0.3 is 10.1 Å². The summed E-state index contributed by atoms with van der Waals surface area (Å²) in [7, 11) is 0. The molecule has 0 aliphatic carbocycles. The number of nitrogens with zero attached hydrogens (tertiary/aromatic N) is 1. The van der Waals surface area contributed by atoms with Crippen LogP contribution in [0.5, 0.6) is 0 Å². The molecule has 1 amide bonds. The molecule has 0 aromatic rings. The van der Waals surface area contributed by atoms with Gasteiger partial charge in [0.15, 0.2) is 5.78 Å². The Hall–Kier alpha value is -0.940. The van der Waals surface area contributed by atoms with Gasteiger partial charge in [0.25, 0.3) is 0 Å². The van der Waals surface area contributed by atoms with Gasteiger partial charge in [-0.05, 0) is 38.3 Å². The molecule has 0 aromatic carbocycles. The molecule has 108 valence electrons. The van der Waals surface area contributed by atoms with Gasteiger partial charge in [0.05, 0.1) is 13.2 Å². The van der Waals surface area contributed by atoms with Crippen LogP contribution in [0.15, 0.2) is 0 Å². The second-order valence-electron chi connectivity index (χ2n) is 5.68. The van der Waals surface area contributed by atoms with Gasteiger partial charge in [-0.25, -0.2) is 0 Å². The third kappa shape index (κ3) is 4.58. The van der Waals surface area contributed by atoms with E-state index in [1.807, 2.05) is 0 Å². The Bertz CT molecular complexity index is 319. The average Bonchev–Trinajstić information content (AvgIpc) is 2.92. The Morgan fingerprint density at radius 3 is 2.58 bits per heavy atom. The fraction of sp³-hybridized carbons (Fsp3) is 0.857. The van der Waals surface area contributed by atoms with E-state index in [0.717, 1.165) is 45.5 Å². The van der Waals surface area contributed by atoms with Crippen molar-refractivity contribution in [3.05, 3.63) is 0 Å². The van der Waals surface area contributed by atoms with Crippen molar-refractivity contribution < 1.29 is 14.3 Å². The maximum Gasteiger partial charge on any atom is 0.216 e. The van der Waals surface area contributed by atoms with Crippen LogP contribution in [0.3, 0.4) is 0 Å². The molecular weight excluding hydrogens is 244 g/mol. The minimum Gasteiger partial charge on any atom is -0.381 e. The Labute approximate surface area is 114 Å². The highest BCUT2D eigenvalue weighted by Crippen LogP contribution is 2.18. The quantitative estimate of drug-likeness (QED) is 0.786. The molecule has 1 atom stereocenters. The zero-order valence-corrected chi connectivity index (χ0v) is 11.7. The second-order valence-corrected chi connectivity index (χ2v) is 5.68. The fourth-order valence-corrected chi connectivity index (χ4v) is 2.77. The molecule has 5 nitrogen and oxygen atoms in total. The number of amides is 1. The molecule has 2 heterocycles. The van der Waals surface area contributed by atoms with E-state index in [-0.39, 0.29) is 11.8 Å². The van der Waals surface area contributed by atoms with Crippen molar-refractivity contribution in [2.75, 3.05) is 39.4 Å². The highest BCUT2D eigenvalue weighted by atomic mass is 16.5. The lowest BCUT2D eigenvalue weighted by Gasteiger charge is -2.31. The molecule has 0 radical (unpaired) electrons. The zero-order valence-electron chi connectivity index (χ0n) is 11.7. The van der Waals surface area contributed by atoms with Crippen molar-refractivity contribution in [2.24, 2.45) is 11.8 Å². The number of hydrogen-bond donors (Lipinski definition) is 1. The van der Waals surface area contributed by atoms with Crippen molar-refractivity contribution in [1.29, 1.82) is 0 Å². The molecule has 2 aliphatic heterocycles. The zero-order chi connectivity index (χ0) is 13.7. The first kappa shape index (κ1) is 14.5. The SMILES string of the molecule is CC(=O)NCC1CCN(CC(=O)C2CCOC2)CC1. The predicted molar refractivity (Wildman–Crippen MR) is 71.8 cm³/mol. The number of likely N-dealkylation sites (tertiary alicyclic amines) is 1. The number of Topliss-reactive ketones (excluding diaryl/α,β-unsaturated/α-hetero) is 1. The van der Waals surface area contributed by atoms with Crippen LogP contribution < -0.4 is 5.32 Å². The topological polar surface area (TPSA) is 58.6 Å². The molecule has 5 heteroatoms. The van der Waals surface area contributed by atoms with Crippen molar-refractivity contribution in [2.45, 2.75) is 26.2 Å². The first-order valence-electron chi connectivity index (χ1n) is 7.22. The van der Waals surface area contributed by atoms with Crippen molar-refractivity contribution in [1.82, 2.24) is 10.2 Å². The van der Waals surface area contributed by atoms with Crippen LogP contribution in [0.2, 0.25) is 0 Å². The van der Waals surface area contributed by atoms with E-state index < -0.39 is 0 Å².